The molecule has 2 N–H and O–H groups in total. The van der Waals surface area contributed by atoms with Gasteiger partial charge in [0, 0.05) is 8.07 Å². The summed E-state index contributed by atoms with van der Waals surface area (Å²) in [4.78, 5) is 20.6. The molecule has 2 amide bonds. The van der Waals surface area contributed by atoms with E-state index in [0.717, 1.165) is 6.04 Å². The van der Waals surface area contributed by atoms with Crippen molar-refractivity contribution in [2.24, 2.45) is 0 Å². The molecule has 0 aliphatic heterocycles. The number of carboxylic acid groups (broad SMARTS) is 1. The molecule has 76 valence electrons. The smallest absolute Gasteiger partial charge is 0.416 e. The first-order chi connectivity index (χ1) is 5.81. The van der Waals surface area contributed by atoms with Crippen LogP contribution in [0.2, 0.25) is 25.7 Å². The number of ether oxygens (including phenoxy) is 1. The Kier molecular flexibility index (Phi) is 4.47. The van der Waals surface area contributed by atoms with Crippen molar-refractivity contribution in [3.05, 3.63) is 0 Å². The number of rotatable bonds is 3. The minimum absolute atomic E-state index is 0.287. The van der Waals surface area contributed by atoms with Crippen LogP contribution in [0.4, 0.5) is 9.59 Å². The zero-order chi connectivity index (χ0) is 10.5. The number of hydrogen-bond acceptors (Lipinski definition) is 3. The Bertz CT molecular complexity index is 199. The van der Waals surface area contributed by atoms with E-state index in [2.05, 4.69) is 24.4 Å². The van der Waals surface area contributed by atoms with E-state index in [9.17, 15) is 9.59 Å². The first-order valence-electron chi connectivity index (χ1n) is 3.98. The molecule has 5 nitrogen and oxygen atoms in total. The number of alkyl carbamates (subject to hydrolysis) is 1. The highest BCUT2D eigenvalue weighted by Crippen LogP contribution is 2.07. The molecule has 0 rings (SSSR count). The van der Waals surface area contributed by atoms with E-state index in [1.165, 1.54) is 0 Å². The van der Waals surface area contributed by atoms with Gasteiger partial charge in [-0.3, -0.25) is 0 Å². The molecule has 6 heteroatoms. The first kappa shape index (κ1) is 12.0. The van der Waals surface area contributed by atoms with Crippen molar-refractivity contribution in [2.45, 2.75) is 25.7 Å². The van der Waals surface area contributed by atoms with Crippen molar-refractivity contribution in [1.29, 1.82) is 0 Å². The molecule has 0 bridgehead atoms. The average Bonchev–Trinajstić information content (AvgIpc) is 1.81. The molecule has 0 aliphatic carbocycles. The zero-order valence-corrected chi connectivity index (χ0v) is 9.09. The predicted octanol–water partition coefficient (Wildman–Crippen LogP) is 1.73. The Hall–Kier alpha value is -1.04. The van der Waals surface area contributed by atoms with Crippen LogP contribution < -0.4 is 5.32 Å². The Morgan fingerprint density at radius 2 is 1.92 bits per heavy atom. The summed E-state index contributed by atoms with van der Waals surface area (Å²) in [5, 5.41) is 9.74. The summed E-state index contributed by atoms with van der Waals surface area (Å²) in [5.41, 5.74) is 0. The summed E-state index contributed by atoms with van der Waals surface area (Å²) >= 11 is 0. The van der Waals surface area contributed by atoms with Crippen LogP contribution in [0.5, 0.6) is 0 Å². The normalized spacial score (nSPS) is 10.7. The van der Waals surface area contributed by atoms with Gasteiger partial charge in [0.25, 0.3) is 0 Å². The van der Waals surface area contributed by atoms with Gasteiger partial charge >= 0.3 is 12.2 Å². The molecule has 0 heterocycles. The molecular weight excluding hydrogens is 190 g/mol. The Morgan fingerprint density at radius 3 is 2.31 bits per heavy atom. The highest BCUT2D eigenvalue weighted by atomic mass is 28.3. The van der Waals surface area contributed by atoms with E-state index in [-0.39, 0.29) is 6.61 Å². The number of nitrogens with one attached hydrogen (secondary N) is 1. The summed E-state index contributed by atoms with van der Waals surface area (Å²) in [7, 11) is -1.22. The van der Waals surface area contributed by atoms with Gasteiger partial charge in [0.1, 0.15) is 0 Å². The van der Waals surface area contributed by atoms with Gasteiger partial charge < -0.3 is 9.84 Å². The first-order valence-corrected chi connectivity index (χ1v) is 7.69. The third-order valence-corrected chi connectivity index (χ3v) is 3.00. The summed E-state index contributed by atoms with van der Waals surface area (Å²) in [6, 6.07) is 0.833. The van der Waals surface area contributed by atoms with Gasteiger partial charge in [-0.1, -0.05) is 19.6 Å². The van der Waals surface area contributed by atoms with E-state index in [4.69, 9.17) is 5.11 Å². The van der Waals surface area contributed by atoms with Gasteiger partial charge in [-0.15, -0.1) is 0 Å². The number of carbonyl (C=O) groups excluding carboxylic acids is 1. The second-order valence-electron chi connectivity index (χ2n) is 3.88. The van der Waals surface area contributed by atoms with Crippen molar-refractivity contribution < 1.29 is 19.4 Å². The van der Waals surface area contributed by atoms with Gasteiger partial charge in [-0.2, -0.15) is 0 Å². The van der Waals surface area contributed by atoms with Gasteiger partial charge in [-0.05, 0) is 6.04 Å². The van der Waals surface area contributed by atoms with Crippen molar-refractivity contribution in [3.63, 3.8) is 0 Å². The van der Waals surface area contributed by atoms with Crippen molar-refractivity contribution in [2.75, 3.05) is 6.61 Å². The van der Waals surface area contributed by atoms with E-state index < -0.39 is 20.3 Å². The van der Waals surface area contributed by atoms with Crippen molar-refractivity contribution in [1.82, 2.24) is 5.32 Å². The quantitative estimate of drug-likeness (QED) is 0.688. The van der Waals surface area contributed by atoms with Gasteiger partial charge in [0.15, 0.2) is 0 Å². The Balaban J connectivity index is 3.54. The molecule has 0 unspecified atom stereocenters. The van der Waals surface area contributed by atoms with Gasteiger partial charge in [0.05, 0.1) is 6.61 Å². The van der Waals surface area contributed by atoms with Crippen LogP contribution in [0, 0.1) is 0 Å². The highest BCUT2D eigenvalue weighted by Gasteiger charge is 2.14. The molecule has 0 saturated heterocycles. The van der Waals surface area contributed by atoms with Crippen molar-refractivity contribution >= 4 is 20.3 Å². The molecule has 0 atom stereocenters. The lowest BCUT2D eigenvalue weighted by Gasteiger charge is -2.14. The maximum absolute atomic E-state index is 10.6. The summed E-state index contributed by atoms with van der Waals surface area (Å²) in [6.45, 7) is 6.72. The Morgan fingerprint density at radius 1 is 1.38 bits per heavy atom. The summed E-state index contributed by atoms with van der Waals surface area (Å²) in [5.74, 6) is 0. The fourth-order valence-corrected chi connectivity index (χ4v) is 1.29. The molecule has 0 fully saturated rings. The predicted molar refractivity (Wildman–Crippen MR) is 50.7 cm³/mol. The third kappa shape index (κ3) is 8.87. The molecule has 0 saturated carbocycles. The average molecular weight is 205 g/mol. The standard InChI is InChI=1S/C7H15NO4Si/c1-13(2,3)5-4-12-7(11)8-6(9)10/h4-5H2,1-3H3,(H,8,11)(H,9,10). The number of hydrogen-bond donors (Lipinski definition) is 2. The molecule has 0 aliphatic rings. The number of amides is 2. The van der Waals surface area contributed by atoms with E-state index in [0.29, 0.717) is 0 Å². The minimum Gasteiger partial charge on any atom is -0.465 e. The second kappa shape index (κ2) is 4.86. The Labute approximate surface area is 78.1 Å². The maximum Gasteiger partial charge on any atom is 0.416 e. The number of carbonyl (C=O) groups is 2. The molecule has 13 heavy (non-hydrogen) atoms. The zero-order valence-electron chi connectivity index (χ0n) is 8.09. The highest BCUT2D eigenvalue weighted by molar-refractivity contribution is 6.76. The van der Waals surface area contributed by atoms with Gasteiger partial charge in [-0.25, -0.2) is 14.9 Å². The molecule has 0 radical (unpaired) electrons. The van der Waals surface area contributed by atoms with E-state index >= 15 is 0 Å². The SMILES string of the molecule is C[Si](C)(C)CCOC(=O)NC(=O)O. The molecule has 0 spiro atoms. The lowest BCUT2D eigenvalue weighted by molar-refractivity contribution is 0.144. The van der Waals surface area contributed by atoms with Crippen LogP contribution in [0.1, 0.15) is 0 Å². The fourth-order valence-electron chi connectivity index (χ4n) is 0.573. The fraction of sp³-hybridized carbons (Fsp3) is 0.714. The summed E-state index contributed by atoms with van der Waals surface area (Å²) in [6.07, 6.45) is -2.29. The van der Waals surface area contributed by atoms with Crippen LogP contribution in [-0.2, 0) is 4.74 Å². The van der Waals surface area contributed by atoms with Crippen LogP contribution in [0.3, 0.4) is 0 Å². The molecular formula is C7H15NO4Si. The van der Waals surface area contributed by atoms with E-state index in [1.807, 2.05) is 0 Å². The lowest BCUT2D eigenvalue weighted by Crippen LogP contribution is -2.31. The molecule has 0 aromatic rings. The van der Waals surface area contributed by atoms with Crippen LogP contribution >= 0.6 is 0 Å². The number of imide groups is 1. The van der Waals surface area contributed by atoms with Crippen LogP contribution in [0.25, 0.3) is 0 Å². The van der Waals surface area contributed by atoms with E-state index in [1.54, 1.807) is 5.32 Å². The lowest BCUT2D eigenvalue weighted by atomic mass is 10.8. The van der Waals surface area contributed by atoms with Crippen molar-refractivity contribution in [3.8, 4) is 0 Å². The van der Waals surface area contributed by atoms with Crippen LogP contribution in [-0.4, -0.2) is 32.0 Å². The topological polar surface area (TPSA) is 75.6 Å². The molecule has 0 aromatic carbocycles. The second-order valence-corrected chi connectivity index (χ2v) is 9.50. The van der Waals surface area contributed by atoms with Gasteiger partial charge in [0.2, 0.25) is 0 Å². The monoisotopic (exact) mass is 205 g/mol. The van der Waals surface area contributed by atoms with Crippen LogP contribution in [0.15, 0.2) is 0 Å². The largest absolute Gasteiger partial charge is 0.465 e. The minimum atomic E-state index is -1.39. The summed E-state index contributed by atoms with van der Waals surface area (Å²) < 4.78 is 4.63. The molecule has 0 aromatic heterocycles. The maximum atomic E-state index is 10.6. The third-order valence-electron chi connectivity index (χ3n) is 1.29.